The van der Waals surface area contributed by atoms with Crippen molar-refractivity contribution < 1.29 is 18.6 Å². The van der Waals surface area contributed by atoms with Gasteiger partial charge in [-0.05, 0) is 13.0 Å². The summed E-state index contributed by atoms with van der Waals surface area (Å²) in [7, 11) is 4.81. The van der Waals surface area contributed by atoms with Gasteiger partial charge in [0.25, 0.3) is 0 Å². The van der Waals surface area contributed by atoms with Gasteiger partial charge in [0.2, 0.25) is 5.89 Å². The lowest BCUT2D eigenvalue weighted by Gasteiger charge is -2.14. The topological polar surface area (TPSA) is 90.1 Å². The summed E-state index contributed by atoms with van der Waals surface area (Å²) in [6.45, 7) is 9.85. The van der Waals surface area contributed by atoms with Gasteiger partial charge in [-0.25, -0.2) is 9.98 Å². The number of nitrogens with one attached hydrogen (secondary N) is 2. The van der Waals surface area contributed by atoms with Gasteiger partial charge in [0.15, 0.2) is 17.5 Å². The summed E-state index contributed by atoms with van der Waals surface area (Å²) < 4.78 is 22.0. The Morgan fingerprint density at radius 1 is 1.03 bits per heavy atom. The van der Waals surface area contributed by atoms with Crippen molar-refractivity contribution in [2.75, 3.05) is 27.9 Å². The average Bonchev–Trinajstić information content (AvgIpc) is 3.19. The van der Waals surface area contributed by atoms with E-state index in [4.69, 9.17) is 18.6 Å². The fourth-order valence-electron chi connectivity index (χ4n) is 2.62. The molecule has 0 aliphatic carbocycles. The minimum Gasteiger partial charge on any atom is -0.496 e. The van der Waals surface area contributed by atoms with Crippen LogP contribution in [0.25, 0.3) is 0 Å². The van der Waals surface area contributed by atoms with Crippen LogP contribution in [0.5, 0.6) is 17.2 Å². The summed E-state index contributed by atoms with van der Waals surface area (Å²) in [6, 6.07) is 3.67. The van der Waals surface area contributed by atoms with Crippen LogP contribution in [0.1, 0.15) is 44.9 Å². The Hall–Kier alpha value is -2.90. The van der Waals surface area contributed by atoms with Crippen molar-refractivity contribution in [3.8, 4) is 17.2 Å². The van der Waals surface area contributed by atoms with Crippen LogP contribution >= 0.6 is 0 Å². The van der Waals surface area contributed by atoms with E-state index >= 15 is 0 Å². The molecule has 0 atom stereocenters. The molecule has 0 bridgehead atoms. The molecule has 0 radical (unpaired) electrons. The summed E-state index contributed by atoms with van der Waals surface area (Å²) in [5.41, 5.74) is 0.807. The Kier molecular flexibility index (Phi) is 7.75. The first-order valence-corrected chi connectivity index (χ1v) is 9.58. The number of ether oxygens (including phenoxy) is 3. The van der Waals surface area contributed by atoms with Crippen molar-refractivity contribution >= 4 is 5.96 Å². The highest BCUT2D eigenvalue weighted by Crippen LogP contribution is 2.34. The minimum atomic E-state index is -0.0756. The molecule has 0 fully saturated rings. The van der Waals surface area contributed by atoms with E-state index in [1.807, 2.05) is 13.0 Å². The third-order valence-electron chi connectivity index (χ3n) is 4.24. The lowest BCUT2D eigenvalue weighted by Crippen LogP contribution is -2.36. The molecule has 0 spiro atoms. The molecular formula is C21H32N4O4. The van der Waals surface area contributed by atoms with Gasteiger partial charge >= 0.3 is 0 Å². The van der Waals surface area contributed by atoms with Gasteiger partial charge in [0, 0.05) is 23.6 Å². The third kappa shape index (κ3) is 6.04. The van der Waals surface area contributed by atoms with Crippen molar-refractivity contribution in [2.45, 2.75) is 46.2 Å². The zero-order valence-corrected chi connectivity index (χ0v) is 18.4. The van der Waals surface area contributed by atoms with Crippen LogP contribution in [0, 0.1) is 0 Å². The molecule has 8 heteroatoms. The van der Waals surface area contributed by atoms with Crippen LogP contribution in [-0.4, -0.2) is 38.8 Å². The van der Waals surface area contributed by atoms with Crippen LogP contribution in [0.2, 0.25) is 0 Å². The number of hydrogen-bond donors (Lipinski definition) is 2. The van der Waals surface area contributed by atoms with Gasteiger partial charge in [0.05, 0.1) is 40.6 Å². The molecule has 1 aromatic heterocycles. The van der Waals surface area contributed by atoms with Crippen molar-refractivity contribution in [1.29, 1.82) is 0 Å². The normalized spacial score (nSPS) is 11.9. The lowest BCUT2D eigenvalue weighted by molar-refractivity contribution is 0.347. The molecule has 2 rings (SSSR count). The van der Waals surface area contributed by atoms with Crippen molar-refractivity contribution in [1.82, 2.24) is 15.6 Å². The van der Waals surface area contributed by atoms with Gasteiger partial charge in [-0.2, -0.15) is 0 Å². The van der Waals surface area contributed by atoms with E-state index in [-0.39, 0.29) is 5.41 Å². The molecule has 2 N–H and O–H groups in total. The first-order chi connectivity index (χ1) is 13.8. The van der Waals surface area contributed by atoms with E-state index in [1.54, 1.807) is 33.6 Å². The number of benzene rings is 1. The molecule has 0 saturated heterocycles. The lowest BCUT2D eigenvalue weighted by atomic mass is 9.94. The Balaban J connectivity index is 2.13. The number of oxazole rings is 1. The third-order valence-corrected chi connectivity index (χ3v) is 4.24. The van der Waals surface area contributed by atoms with Crippen molar-refractivity contribution in [3.05, 3.63) is 35.5 Å². The second-order valence-corrected chi connectivity index (χ2v) is 7.44. The maximum absolute atomic E-state index is 5.82. The molecule has 0 aliphatic rings. The van der Waals surface area contributed by atoms with E-state index in [9.17, 15) is 0 Å². The predicted octanol–water partition coefficient (Wildman–Crippen LogP) is 3.25. The van der Waals surface area contributed by atoms with Gasteiger partial charge in [-0.3, -0.25) is 0 Å². The van der Waals surface area contributed by atoms with Gasteiger partial charge < -0.3 is 29.3 Å². The van der Waals surface area contributed by atoms with Gasteiger partial charge in [0.1, 0.15) is 11.5 Å². The number of nitrogens with zero attached hydrogens (tertiary/aromatic N) is 2. The van der Waals surface area contributed by atoms with E-state index < -0.39 is 0 Å². The molecule has 160 valence electrons. The van der Waals surface area contributed by atoms with Gasteiger partial charge in [-0.1, -0.05) is 20.8 Å². The van der Waals surface area contributed by atoms with E-state index in [2.05, 4.69) is 41.4 Å². The number of aliphatic imine (C=N–C) groups is 1. The van der Waals surface area contributed by atoms with Crippen LogP contribution < -0.4 is 24.8 Å². The number of hydrogen-bond acceptors (Lipinski definition) is 6. The van der Waals surface area contributed by atoms with Crippen LogP contribution in [0.4, 0.5) is 0 Å². The SMILES string of the molecule is CCNC(=NCc1cc(OC)c(OC)cc1OC)NCc1ncc(C(C)(C)C)o1. The van der Waals surface area contributed by atoms with E-state index in [0.29, 0.717) is 42.2 Å². The zero-order chi connectivity index (χ0) is 21.4. The fraction of sp³-hybridized carbons (Fsp3) is 0.524. The van der Waals surface area contributed by atoms with Crippen molar-refractivity contribution in [3.63, 3.8) is 0 Å². The van der Waals surface area contributed by atoms with Crippen molar-refractivity contribution in [2.24, 2.45) is 4.99 Å². The molecule has 0 unspecified atom stereocenters. The molecule has 1 aromatic carbocycles. The van der Waals surface area contributed by atoms with Crippen LogP contribution in [0.15, 0.2) is 27.7 Å². The van der Waals surface area contributed by atoms with E-state index in [1.165, 1.54) is 0 Å². The summed E-state index contributed by atoms with van der Waals surface area (Å²) in [6.07, 6.45) is 1.77. The fourth-order valence-corrected chi connectivity index (χ4v) is 2.62. The highest BCUT2D eigenvalue weighted by molar-refractivity contribution is 5.79. The van der Waals surface area contributed by atoms with E-state index in [0.717, 1.165) is 17.9 Å². The predicted molar refractivity (Wildman–Crippen MR) is 113 cm³/mol. The van der Waals surface area contributed by atoms with Crippen LogP contribution in [-0.2, 0) is 18.5 Å². The maximum Gasteiger partial charge on any atom is 0.213 e. The number of guanidine groups is 1. The second kappa shape index (κ2) is 10.0. The largest absolute Gasteiger partial charge is 0.496 e. The Labute approximate surface area is 172 Å². The number of methoxy groups -OCH3 is 3. The standard InChI is InChI=1S/C21H32N4O4/c1-8-22-20(25-13-19-23-12-18(29-19)21(2,3)4)24-11-14-9-16(27-6)17(28-7)10-15(14)26-5/h9-10,12H,8,11,13H2,1-7H3,(H2,22,24,25). The molecule has 0 amide bonds. The quantitative estimate of drug-likeness (QED) is 0.515. The first-order valence-electron chi connectivity index (χ1n) is 9.58. The molecule has 29 heavy (non-hydrogen) atoms. The molecule has 1 heterocycles. The first kappa shape index (κ1) is 22.4. The minimum absolute atomic E-state index is 0.0756. The summed E-state index contributed by atoms with van der Waals surface area (Å²) >= 11 is 0. The summed E-state index contributed by atoms with van der Waals surface area (Å²) in [4.78, 5) is 8.98. The monoisotopic (exact) mass is 404 g/mol. The number of aromatic nitrogens is 1. The number of rotatable bonds is 8. The van der Waals surface area contributed by atoms with Gasteiger partial charge in [-0.15, -0.1) is 0 Å². The Morgan fingerprint density at radius 3 is 2.24 bits per heavy atom. The Bertz CT molecular complexity index is 825. The molecule has 0 aliphatic heterocycles. The maximum atomic E-state index is 5.82. The Morgan fingerprint density at radius 2 is 1.69 bits per heavy atom. The summed E-state index contributed by atoms with van der Waals surface area (Å²) in [5.74, 6) is 4.05. The van der Waals surface area contributed by atoms with Crippen LogP contribution in [0.3, 0.4) is 0 Å². The zero-order valence-electron chi connectivity index (χ0n) is 18.4. The highest BCUT2D eigenvalue weighted by atomic mass is 16.5. The molecular weight excluding hydrogens is 372 g/mol. The molecule has 2 aromatic rings. The smallest absolute Gasteiger partial charge is 0.213 e. The second-order valence-electron chi connectivity index (χ2n) is 7.44. The summed E-state index contributed by atoms with van der Waals surface area (Å²) in [5, 5.41) is 6.47. The average molecular weight is 405 g/mol. The molecule has 8 nitrogen and oxygen atoms in total. The molecule has 0 saturated carbocycles. The highest BCUT2D eigenvalue weighted by Gasteiger charge is 2.19.